The molecular formula is C16H27N5O7. The molecule has 12 nitrogen and oxygen atoms in total. The minimum absolute atomic E-state index is 0.107. The van der Waals surface area contributed by atoms with Gasteiger partial charge in [0.1, 0.15) is 18.1 Å². The third-order valence-electron chi connectivity index (χ3n) is 4.38. The van der Waals surface area contributed by atoms with Crippen molar-refractivity contribution < 1.29 is 34.2 Å². The molecule has 28 heavy (non-hydrogen) atoms. The zero-order chi connectivity index (χ0) is 21.4. The van der Waals surface area contributed by atoms with Crippen molar-refractivity contribution in [1.29, 1.82) is 0 Å². The van der Waals surface area contributed by atoms with Crippen molar-refractivity contribution in [1.82, 2.24) is 15.5 Å². The van der Waals surface area contributed by atoms with Crippen LogP contribution in [-0.2, 0) is 24.0 Å². The van der Waals surface area contributed by atoms with Crippen LogP contribution in [0.5, 0.6) is 0 Å². The molecule has 0 aromatic carbocycles. The predicted octanol–water partition coefficient (Wildman–Crippen LogP) is -3.36. The van der Waals surface area contributed by atoms with Gasteiger partial charge >= 0.3 is 5.97 Å². The molecule has 1 fully saturated rings. The van der Waals surface area contributed by atoms with Crippen LogP contribution in [-0.4, -0.2) is 82.0 Å². The van der Waals surface area contributed by atoms with Crippen LogP contribution in [0.25, 0.3) is 0 Å². The van der Waals surface area contributed by atoms with Gasteiger partial charge in [0.05, 0.1) is 12.6 Å². The predicted molar refractivity (Wildman–Crippen MR) is 95.4 cm³/mol. The van der Waals surface area contributed by atoms with E-state index in [1.165, 1.54) is 6.92 Å². The Morgan fingerprint density at radius 2 is 1.89 bits per heavy atom. The van der Waals surface area contributed by atoms with E-state index in [-0.39, 0.29) is 19.4 Å². The summed E-state index contributed by atoms with van der Waals surface area (Å²) in [5.74, 6) is -3.95. The summed E-state index contributed by atoms with van der Waals surface area (Å²) in [7, 11) is 0. The molecule has 158 valence electrons. The van der Waals surface area contributed by atoms with Gasteiger partial charge in [0.25, 0.3) is 0 Å². The lowest BCUT2D eigenvalue weighted by atomic mass is 10.1. The number of nitrogens with one attached hydrogen (secondary N) is 2. The summed E-state index contributed by atoms with van der Waals surface area (Å²) < 4.78 is 0. The Bertz CT molecular complexity index is 625. The van der Waals surface area contributed by atoms with Crippen LogP contribution in [0.2, 0.25) is 0 Å². The number of likely N-dealkylation sites (tertiary alicyclic amines) is 1. The van der Waals surface area contributed by atoms with E-state index in [4.69, 9.17) is 11.5 Å². The van der Waals surface area contributed by atoms with Crippen molar-refractivity contribution in [2.45, 2.75) is 56.8 Å². The molecule has 1 saturated heterocycles. The average molecular weight is 401 g/mol. The van der Waals surface area contributed by atoms with Gasteiger partial charge in [-0.1, -0.05) is 0 Å². The second-order valence-electron chi connectivity index (χ2n) is 6.64. The number of aliphatic hydroxyl groups is 1. The Morgan fingerprint density at radius 3 is 2.43 bits per heavy atom. The number of aliphatic hydroxyl groups excluding tert-OH is 1. The Hall–Kier alpha value is -2.73. The smallest absolute Gasteiger partial charge is 0.326 e. The highest BCUT2D eigenvalue weighted by atomic mass is 16.4. The molecule has 0 bridgehead atoms. The van der Waals surface area contributed by atoms with E-state index in [9.17, 15) is 34.2 Å². The molecule has 1 rings (SSSR count). The Labute approximate surface area is 161 Å². The lowest BCUT2D eigenvalue weighted by Gasteiger charge is -2.27. The molecule has 8 N–H and O–H groups in total. The number of primary amides is 1. The van der Waals surface area contributed by atoms with E-state index in [1.807, 2.05) is 0 Å². The van der Waals surface area contributed by atoms with Crippen molar-refractivity contribution >= 4 is 29.6 Å². The molecule has 4 atom stereocenters. The normalized spacial score (nSPS) is 19.4. The minimum atomic E-state index is -1.22. The molecule has 0 aromatic heterocycles. The first-order valence-corrected chi connectivity index (χ1v) is 8.87. The van der Waals surface area contributed by atoms with E-state index < -0.39 is 60.4 Å². The van der Waals surface area contributed by atoms with Gasteiger partial charge in [0.2, 0.25) is 23.6 Å². The lowest BCUT2D eigenvalue weighted by molar-refractivity contribution is -0.149. The van der Waals surface area contributed by atoms with Gasteiger partial charge in [-0.3, -0.25) is 19.2 Å². The third-order valence-corrected chi connectivity index (χ3v) is 4.38. The maximum Gasteiger partial charge on any atom is 0.326 e. The van der Waals surface area contributed by atoms with Crippen molar-refractivity contribution in [3.63, 3.8) is 0 Å². The van der Waals surface area contributed by atoms with E-state index in [0.29, 0.717) is 12.8 Å². The molecule has 1 heterocycles. The van der Waals surface area contributed by atoms with Gasteiger partial charge < -0.3 is 37.2 Å². The average Bonchev–Trinajstić information content (AvgIpc) is 3.11. The number of carboxylic acid groups (broad SMARTS) is 1. The number of carboxylic acids is 1. The fourth-order valence-electron chi connectivity index (χ4n) is 2.78. The van der Waals surface area contributed by atoms with Crippen LogP contribution in [0.1, 0.15) is 32.6 Å². The molecule has 12 heteroatoms. The first kappa shape index (κ1) is 23.3. The van der Waals surface area contributed by atoms with E-state index in [2.05, 4.69) is 10.6 Å². The molecule has 0 aromatic rings. The fourth-order valence-corrected chi connectivity index (χ4v) is 2.78. The maximum atomic E-state index is 12.7. The summed E-state index contributed by atoms with van der Waals surface area (Å²) in [6.07, 6.45) is -0.612. The molecule has 0 spiro atoms. The monoisotopic (exact) mass is 401 g/mol. The summed E-state index contributed by atoms with van der Waals surface area (Å²) in [4.78, 5) is 60.0. The number of carbonyl (C=O) groups excluding carboxylic acids is 4. The molecule has 4 amide bonds. The van der Waals surface area contributed by atoms with Gasteiger partial charge in [-0.15, -0.1) is 0 Å². The molecule has 1 aliphatic rings. The summed E-state index contributed by atoms with van der Waals surface area (Å²) in [6.45, 7) is 1.03. The van der Waals surface area contributed by atoms with Crippen molar-refractivity contribution in [3.8, 4) is 0 Å². The van der Waals surface area contributed by atoms with Crippen LogP contribution in [0.3, 0.4) is 0 Å². The number of nitrogens with two attached hydrogens (primary N) is 2. The van der Waals surface area contributed by atoms with Crippen LogP contribution in [0, 0.1) is 0 Å². The quantitative estimate of drug-likeness (QED) is 0.217. The summed E-state index contributed by atoms with van der Waals surface area (Å²) in [5.41, 5.74) is 10.5. The minimum Gasteiger partial charge on any atom is -0.480 e. The highest BCUT2D eigenvalue weighted by Crippen LogP contribution is 2.19. The molecule has 4 unspecified atom stereocenters. The van der Waals surface area contributed by atoms with Crippen LogP contribution in [0.15, 0.2) is 0 Å². The Kier molecular flexibility index (Phi) is 8.79. The second kappa shape index (κ2) is 10.6. The van der Waals surface area contributed by atoms with Crippen molar-refractivity contribution in [2.24, 2.45) is 11.5 Å². The first-order chi connectivity index (χ1) is 13.0. The van der Waals surface area contributed by atoms with Gasteiger partial charge in [-0.05, 0) is 26.2 Å². The van der Waals surface area contributed by atoms with Crippen LogP contribution >= 0.6 is 0 Å². The third kappa shape index (κ3) is 6.78. The molecule has 0 radical (unpaired) electrons. The number of nitrogens with zero attached hydrogens (tertiary/aromatic N) is 1. The fraction of sp³-hybridized carbons (Fsp3) is 0.688. The molecule has 1 aliphatic heterocycles. The topological polar surface area (TPSA) is 205 Å². The summed E-state index contributed by atoms with van der Waals surface area (Å²) >= 11 is 0. The second-order valence-corrected chi connectivity index (χ2v) is 6.64. The number of amides is 4. The van der Waals surface area contributed by atoms with Gasteiger partial charge in [0.15, 0.2) is 0 Å². The number of rotatable bonds is 10. The van der Waals surface area contributed by atoms with Gasteiger partial charge in [-0.25, -0.2) is 4.79 Å². The van der Waals surface area contributed by atoms with E-state index >= 15 is 0 Å². The van der Waals surface area contributed by atoms with Crippen molar-refractivity contribution in [2.75, 3.05) is 13.1 Å². The Balaban J connectivity index is 2.74. The highest BCUT2D eigenvalue weighted by Gasteiger charge is 2.37. The first-order valence-electron chi connectivity index (χ1n) is 8.87. The molecular weight excluding hydrogens is 374 g/mol. The molecule has 0 saturated carbocycles. The number of aliphatic carboxylic acids is 1. The number of carbonyl (C=O) groups is 5. The maximum absolute atomic E-state index is 12.7. The van der Waals surface area contributed by atoms with Gasteiger partial charge in [0, 0.05) is 13.0 Å². The zero-order valence-electron chi connectivity index (χ0n) is 15.6. The zero-order valence-corrected chi connectivity index (χ0v) is 15.6. The van der Waals surface area contributed by atoms with Crippen molar-refractivity contribution in [3.05, 3.63) is 0 Å². The number of hydrogen-bond acceptors (Lipinski definition) is 7. The summed E-state index contributed by atoms with van der Waals surface area (Å²) in [5, 5.41) is 23.1. The van der Waals surface area contributed by atoms with Crippen LogP contribution < -0.4 is 22.1 Å². The SMILES string of the molecule is CC(O)C(N)C(=O)NCC(=O)NC(CCC(N)=O)C(=O)N1CCCC1C(=O)O. The van der Waals surface area contributed by atoms with E-state index in [1.54, 1.807) is 0 Å². The largest absolute Gasteiger partial charge is 0.480 e. The summed E-state index contributed by atoms with van der Waals surface area (Å²) in [6, 6.07) is -3.38. The standard InChI is InChI=1S/C16H27N5O7/c1-8(22)13(18)14(25)19-7-12(24)20-9(4-5-11(17)23)15(26)21-6-2-3-10(21)16(27)28/h8-10,13,22H,2-7,18H2,1H3,(H2,17,23)(H,19,25)(H,20,24)(H,27,28). The van der Waals surface area contributed by atoms with Crippen LogP contribution in [0.4, 0.5) is 0 Å². The Morgan fingerprint density at radius 1 is 1.25 bits per heavy atom. The van der Waals surface area contributed by atoms with E-state index in [0.717, 1.165) is 4.90 Å². The number of hydrogen-bond donors (Lipinski definition) is 6. The van der Waals surface area contributed by atoms with Gasteiger partial charge in [-0.2, -0.15) is 0 Å². The lowest BCUT2D eigenvalue weighted by Crippen LogP contribution is -2.54. The molecule has 0 aliphatic carbocycles. The highest BCUT2D eigenvalue weighted by molar-refractivity contribution is 5.93.